The molecule has 2 aliphatic rings. The summed E-state index contributed by atoms with van der Waals surface area (Å²) in [5.74, 6) is 1.40. The molecule has 2 fully saturated rings. The third kappa shape index (κ3) is 5.45. The third-order valence-corrected chi connectivity index (χ3v) is 13.0. The first-order chi connectivity index (χ1) is 17.6. The lowest BCUT2D eigenvalue weighted by atomic mass is 10.3. The Bertz CT molecular complexity index is 1240. The summed E-state index contributed by atoms with van der Waals surface area (Å²) in [6.07, 6.45) is -0.813. The fourth-order valence-corrected chi connectivity index (χ4v) is 11.0. The Morgan fingerprint density at radius 2 is 1.19 bits per heavy atom. The summed E-state index contributed by atoms with van der Waals surface area (Å²) in [7, 11) is -4.63. The summed E-state index contributed by atoms with van der Waals surface area (Å²) in [5, 5.41) is 0. The van der Waals surface area contributed by atoms with Gasteiger partial charge in [-0.05, 0) is 66.5 Å². The van der Waals surface area contributed by atoms with E-state index in [2.05, 4.69) is 0 Å². The van der Waals surface area contributed by atoms with E-state index in [1.54, 1.807) is 0 Å². The smallest absolute Gasteiger partial charge is 0.340 e. The van der Waals surface area contributed by atoms with E-state index >= 15 is 0 Å². The van der Waals surface area contributed by atoms with Crippen LogP contribution in [0, 0.1) is 0 Å². The number of benzene rings is 2. The van der Waals surface area contributed by atoms with Gasteiger partial charge in [-0.15, -0.1) is 23.5 Å². The normalized spacial score (nSPS) is 19.4. The molecular weight excluding hydrogens is 561 g/mol. The third-order valence-electron chi connectivity index (χ3n) is 6.10. The van der Waals surface area contributed by atoms with Crippen LogP contribution in [0.3, 0.4) is 0 Å². The maximum absolute atomic E-state index is 14.0. The highest BCUT2D eigenvalue weighted by Gasteiger charge is 2.56. The largest absolute Gasteiger partial charge is 0.497 e. The van der Waals surface area contributed by atoms with Crippen LogP contribution >= 0.6 is 23.5 Å². The van der Waals surface area contributed by atoms with Gasteiger partial charge in [0.1, 0.15) is 11.5 Å². The Morgan fingerprint density at radius 1 is 0.784 bits per heavy atom. The van der Waals surface area contributed by atoms with E-state index in [0.717, 1.165) is 33.6 Å². The van der Waals surface area contributed by atoms with Crippen molar-refractivity contribution in [3.63, 3.8) is 0 Å². The number of nitrogens with zero attached hydrogens (tertiary/aromatic N) is 2. The van der Waals surface area contributed by atoms with Gasteiger partial charge in [-0.25, -0.2) is 21.6 Å². The SMILES string of the molecule is COC(=O)C1N(S(=O)(=O)c2ccc(OC)cc2)CC2(CN1S(=O)(=O)c1ccc(OC)cc1)SCCCS2. The second-order valence-electron chi connectivity index (χ2n) is 8.31. The number of thioether (sulfide) groups is 2. The Labute approximate surface area is 225 Å². The van der Waals surface area contributed by atoms with Crippen LogP contribution in [0.5, 0.6) is 11.5 Å². The molecule has 0 N–H and O–H groups in total. The number of carbonyl (C=O) groups is 1. The zero-order valence-corrected chi connectivity index (χ0v) is 23.8. The number of carbonyl (C=O) groups excluding carboxylic acids is 1. The van der Waals surface area contributed by atoms with Gasteiger partial charge in [0.2, 0.25) is 20.0 Å². The first kappa shape index (κ1) is 28.0. The minimum absolute atomic E-state index is 0.0644. The Kier molecular flexibility index (Phi) is 8.36. The van der Waals surface area contributed by atoms with Gasteiger partial charge >= 0.3 is 5.97 Å². The molecule has 2 aromatic rings. The summed E-state index contributed by atoms with van der Waals surface area (Å²) in [4.78, 5) is 12.9. The Hall–Kier alpha value is -1.97. The van der Waals surface area contributed by atoms with Crippen molar-refractivity contribution in [2.24, 2.45) is 0 Å². The van der Waals surface area contributed by atoms with Gasteiger partial charge in [0.05, 0.1) is 35.2 Å². The molecule has 2 saturated heterocycles. The lowest BCUT2D eigenvalue weighted by molar-refractivity contribution is -0.150. The van der Waals surface area contributed by atoms with Gasteiger partial charge in [0.15, 0.2) is 6.17 Å². The molecule has 2 aliphatic heterocycles. The standard InChI is InChI=1S/C23H28N2O8S4/c1-31-17-5-9-19(10-6-17)36(27,28)24-15-23(34-13-4-14-35-23)16-25(21(24)22(26)33-3)37(29,30)20-11-7-18(32-2)8-12-20/h5-12,21H,4,13-16H2,1-3H3. The number of methoxy groups -OCH3 is 3. The molecule has 2 aromatic carbocycles. The minimum atomic E-state index is -4.33. The minimum Gasteiger partial charge on any atom is -0.497 e. The van der Waals surface area contributed by atoms with E-state index < -0.39 is 36.3 Å². The maximum Gasteiger partial charge on any atom is 0.340 e. The van der Waals surface area contributed by atoms with Crippen LogP contribution in [0.4, 0.5) is 0 Å². The number of esters is 1. The van der Waals surface area contributed by atoms with Gasteiger partial charge < -0.3 is 14.2 Å². The fourth-order valence-electron chi connectivity index (χ4n) is 4.18. The topological polar surface area (TPSA) is 120 Å². The summed E-state index contributed by atoms with van der Waals surface area (Å²) in [5.41, 5.74) is 0. The van der Waals surface area contributed by atoms with Crippen LogP contribution < -0.4 is 9.47 Å². The van der Waals surface area contributed by atoms with E-state index in [1.165, 1.54) is 86.3 Å². The van der Waals surface area contributed by atoms with Crippen molar-refractivity contribution in [3.05, 3.63) is 48.5 Å². The van der Waals surface area contributed by atoms with E-state index in [4.69, 9.17) is 14.2 Å². The number of ether oxygens (including phenoxy) is 3. The quantitative estimate of drug-likeness (QED) is 0.446. The predicted octanol–water partition coefficient (Wildman–Crippen LogP) is 2.46. The van der Waals surface area contributed by atoms with Crippen LogP contribution in [0.25, 0.3) is 0 Å². The number of rotatable bonds is 7. The Balaban J connectivity index is 1.86. The predicted molar refractivity (Wildman–Crippen MR) is 142 cm³/mol. The first-order valence-corrected chi connectivity index (χ1v) is 16.1. The molecule has 0 aliphatic carbocycles. The van der Waals surface area contributed by atoms with E-state index in [1.807, 2.05) is 0 Å². The molecule has 37 heavy (non-hydrogen) atoms. The molecule has 2 heterocycles. The molecule has 0 unspecified atom stereocenters. The zero-order valence-electron chi connectivity index (χ0n) is 20.5. The van der Waals surface area contributed by atoms with Crippen LogP contribution in [0.1, 0.15) is 6.42 Å². The van der Waals surface area contributed by atoms with Gasteiger partial charge in [-0.3, -0.25) is 0 Å². The second kappa shape index (κ2) is 11.0. The van der Waals surface area contributed by atoms with Crippen molar-refractivity contribution in [2.45, 2.75) is 26.5 Å². The van der Waals surface area contributed by atoms with Crippen molar-refractivity contribution in [3.8, 4) is 11.5 Å². The molecular formula is C23H28N2O8S4. The van der Waals surface area contributed by atoms with Crippen molar-refractivity contribution >= 4 is 49.5 Å². The van der Waals surface area contributed by atoms with Gasteiger partial charge in [-0.2, -0.15) is 8.61 Å². The molecule has 4 rings (SSSR count). The van der Waals surface area contributed by atoms with Crippen molar-refractivity contribution in [1.29, 1.82) is 0 Å². The second-order valence-corrected chi connectivity index (χ2v) is 15.3. The average Bonchev–Trinajstić information content (AvgIpc) is 2.92. The summed E-state index contributed by atoms with van der Waals surface area (Å²) in [6, 6.07) is 11.5. The molecule has 0 saturated carbocycles. The van der Waals surface area contributed by atoms with E-state index in [0.29, 0.717) is 11.5 Å². The number of hydrogen-bond acceptors (Lipinski definition) is 10. The Morgan fingerprint density at radius 3 is 1.54 bits per heavy atom. The number of hydrogen-bond donors (Lipinski definition) is 0. The molecule has 0 amide bonds. The van der Waals surface area contributed by atoms with E-state index in [-0.39, 0.29) is 22.9 Å². The molecule has 0 aromatic heterocycles. The van der Waals surface area contributed by atoms with Crippen molar-refractivity contribution in [2.75, 3.05) is 45.9 Å². The highest BCUT2D eigenvalue weighted by Crippen LogP contribution is 2.48. The van der Waals surface area contributed by atoms with Crippen LogP contribution in [0.15, 0.2) is 58.3 Å². The van der Waals surface area contributed by atoms with Crippen LogP contribution in [-0.4, -0.2) is 87.6 Å². The lowest BCUT2D eigenvalue weighted by Gasteiger charge is -2.50. The average molecular weight is 589 g/mol. The molecule has 10 nitrogen and oxygen atoms in total. The first-order valence-electron chi connectivity index (χ1n) is 11.3. The summed E-state index contributed by atoms with van der Waals surface area (Å²) in [6.45, 7) is -0.129. The van der Waals surface area contributed by atoms with Crippen molar-refractivity contribution < 1.29 is 35.8 Å². The van der Waals surface area contributed by atoms with Gasteiger partial charge in [0, 0.05) is 13.1 Å². The zero-order chi connectivity index (χ0) is 26.8. The molecule has 0 radical (unpaired) electrons. The highest BCUT2D eigenvalue weighted by molar-refractivity contribution is 8.19. The molecule has 202 valence electrons. The monoisotopic (exact) mass is 588 g/mol. The fraction of sp³-hybridized carbons (Fsp3) is 0.435. The molecule has 14 heteroatoms. The lowest BCUT2D eigenvalue weighted by Crippen LogP contribution is -2.67. The molecule has 1 spiro atoms. The van der Waals surface area contributed by atoms with Crippen LogP contribution in [-0.2, 0) is 29.6 Å². The van der Waals surface area contributed by atoms with Crippen LogP contribution in [0.2, 0.25) is 0 Å². The summed E-state index contributed by atoms with van der Waals surface area (Å²) < 4.78 is 72.2. The molecule has 0 bridgehead atoms. The number of sulfonamides is 2. The maximum atomic E-state index is 14.0. The summed E-state index contributed by atoms with van der Waals surface area (Å²) >= 11 is 3.02. The highest BCUT2D eigenvalue weighted by atomic mass is 32.2. The van der Waals surface area contributed by atoms with Crippen molar-refractivity contribution in [1.82, 2.24) is 8.61 Å². The molecule has 0 atom stereocenters. The van der Waals surface area contributed by atoms with Gasteiger partial charge in [-0.1, -0.05) is 0 Å². The van der Waals surface area contributed by atoms with Gasteiger partial charge in [0.25, 0.3) is 0 Å². The van der Waals surface area contributed by atoms with E-state index in [9.17, 15) is 21.6 Å².